The third-order valence-electron chi connectivity index (χ3n) is 6.58. The number of carbonyl (C=O) groups excluding carboxylic acids is 1. The van der Waals surface area contributed by atoms with Crippen LogP contribution in [-0.2, 0) is 0 Å². The van der Waals surface area contributed by atoms with Crippen LogP contribution in [0.2, 0.25) is 0 Å². The van der Waals surface area contributed by atoms with Crippen LogP contribution in [-0.4, -0.2) is 34.0 Å². The van der Waals surface area contributed by atoms with Crippen molar-refractivity contribution < 1.29 is 22.7 Å². The number of rotatable bonds is 2. The molecule has 0 N–H and O–H groups in total. The second kappa shape index (κ2) is 7.91. The van der Waals surface area contributed by atoms with Gasteiger partial charge in [-0.1, -0.05) is 24.0 Å². The lowest BCUT2D eigenvalue weighted by atomic mass is 9.97. The number of alkyl halides is 2. The van der Waals surface area contributed by atoms with Crippen molar-refractivity contribution in [3.63, 3.8) is 0 Å². The summed E-state index contributed by atoms with van der Waals surface area (Å²) in [5.41, 5.74) is 3.51. The van der Waals surface area contributed by atoms with E-state index in [9.17, 15) is 18.0 Å². The van der Waals surface area contributed by atoms with Crippen molar-refractivity contribution in [3.8, 4) is 17.6 Å². The van der Waals surface area contributed by atoms with Gasteiger partial charge in [0.25, 0.3) is 5.91 Å². The van der Waals surface area contributed by atoms with E-state index in [0.717, 1.165) is 5.52 Å². The van der Waals surface area contributed by atoms with Gasteiger partial charge in [-0.05, 0) is 48.5 Å². The van der Waals surface area contributed by atoms with Gasteiger partial charge < -0.3 is 14.2 Å². The molecule has 1 aromatic heterocycles. The number of carbonyl (C=O) groups is 1. The Morgan fingerprint density at radius 1 is 1.03 bits per heavy atom. The summed E-state index contributed by atoms with van der Waals surface area (Å²) in [6.45, 7) is -3.02. The normalized spacial score (nSPS) is 18.2. The molecule has 5 nitrogen and oxygen atoms in total. The number of benzene rings is 3. The highest BCUT2D eigenvalue weighted by Crippen LogP contribution is 2.49. The molecule has 3 aromatic carbocycles. The van der Waals surface area contributed by atoms with Crippen LogP contribution >= 0.6 is 0 Å². The van der Waals surface area contributed by atoms with Crippen LogP contribution in [0, 0.1) is 17.7 Å². The zero-order valence-electron chi connectivity index (χ0n) is 18.5. The Hall–Kier alpha value is -4.25. The lowest BCUT2D eigenvalue weighted by molar-refractivity contribution is -0.0507. The molecule has 2 aliphatic rings. The number of fused-ring (bicyclic) bond motifs is 9. The van der Waals surface area contributed by atoms with Gasteiger partial charge in [0.2, 0.25) is 0 Å². The van der Waals surface area contributed by atoms with E-state index < -0.39 is 12.7 Å². The fraction of sp³-hybridized carbons (Fsp3) is 0.185. The van der Waals surface area contributed by atoms with Crippen molar-refractivity contribution in [1.29, 1.82) is 0 Å². The predicted molar refractivity (Wildman–Crippen MR) is 123 cm³/mol. The summed E-state index contributed by atoms with van der Waals surface area (Å²) < 4.78 is 46.8. The minimum absolute atomic E-state index is 0.0124. The number of ether oxygens (including phenoxy) is 1. The van der Waals surface area contributed by atoms with Crippen LogP contribution < -0.4 is 4.74 Å². The molecule has 174 valence electrons. The average Bonchev–Trinajstić information content (AvgIpc) is 3.35. The van der Waals surface area contributed by atoms with E-state index in [1.807, 2.05) is 22.8 Å². The molecule has 1 amide bonds. The number of imidazole rings is 1. The zero-order chi connectivity index (χ0) is 24.3. The van der Waals surface area contributed by atoms with Crippen molar-refractivity contribution in [3.05, 3.63) is 94.6 Å². The molecule has 2 aliphatic heterocycles. The smallest absolute Gasteiger partial charge is 0.387 e. The Balaban J connectivity index is 1.52. The number of nitrogens with zero attached hydrogens (tertiary/aromatic N) is 3. The minimum atomic E-state index is -3.02. The maximum atomic E-state index is 13.5. The van der Waals surface area contributed by atoms with Gasteiger partial charge in [0.05, 0.1) is 23.1 Å². The summed E-state index contributed by atoms with van der Waals surface area (Å²) in [7, 11) is 1.70. The first-order valence-electron chi connectivity index (χ1n) is 11.0. The molecule has 3 heterocycles. The van der Waals surface area contributed by atoms with Crippen LogP contribution in [0.5, 0.6) is 5.75 Å². The van der Waals surface area contributed by atoms with Gasteiger partial charge in [-0.3, -0.25) is 4.79 Å². The molecule has 8 heteroatoms. The first-order chi connectivity index (χ1) is 16.9. The molecule has 0 aliphatic carbocycles. The standard InChI is InChI=1S/C27H18F3N3O2/c1-32-22-14-21(24-18(26(32)34)6-3-7-23(24)35-27(29)30)33-20-13-16(10-11-19(20)31-25(22)33)9-8-15-4-2-5-17(28)12-15/h2-7,10-13,21-22,27H,14H2,1H3/t21-,22-/m1/s1. The zero-order valence-corrected chi connectivity index (χ0v) is 18.5. The fourth-order valence-electron chi connectivity index (χ4n) is 5.07. The number of hydrogen-bond donors (Lipinski definition) is 0. The first kappa shape index (κ1) is 21.3. The quantitative estimate of drug-likeness (QED) is 0.372. The SMILES string of the molecule is CN1C(=O)c2cccc(OC(F)F)c2[C@H]2C[C@@H]1c1nc3ccc(C#Cc4cccc(F)c4)cc3n12. The van der Waals surface area contributed by atoms with Gasteiger partial charge in [0.15, 0.2) is 0 Å². The van der Waals surface area contributed by atoms with Crippen LogP contribution in [0.1, 0.15) is 51.4 Å². The van der Waals surface area contributed by atoms with Gasteiger partial charge in [0, 0.05) is 35.7 Å². The molecule has 2 atom stereocenters. The van der Waals surface area contributed by atoms with Gasteiger partial charge in [-0.15, -0.1) is 0 Å². The Bertz CT molecular complexity index is 1570. The van der Waals surface area contributed by atoms with Crippen molar-refractivity contribution >= 4 is 16.9 Å². The molecule has 0 saturated carbocycles. The maximum Gasteiger partial charge on any atom is 0.387 e. The number of aromatic nitrogens is 2. The third-order valence-corrected chi connectivity index (χ3v) is 6.58. The van der Waals surface area contributed by atoms with E-state index in [0.29, 0.717) is 40.0 Å². The second-order valence-corrected chi connectivity index (χ2v) is 8.58. The predicted octanol–water partition coefficient (Wildman–Crippen LogP) is 5.30. The third kappa shape index (κ3) is 3.43. The van der Waals surface area contributed by atoms with Crippen LogP contribution in [0.4, 0.5) is 13.2 Å². The van der Waals surface area contributed by atoms with E-state index in [4.69, 9.17) is 9.72 Å². The molecule has 35 heavy (non-hydrogen) atoms. The Morgan fingerprint density at radius 3 is 2.57 bits per heavy atom. The topological polar surface area (TPSA) is 47.4 Å². The number of amides is 1. The first-order valence-corrected chi connectivity index (χ1v) is 11.0. The Labute approximate surface area is 198 Å². The van der Waals surface area contributed by atoms with Gasteiger partial charge in [-0.25, -0.2) is 9.37 Å². The van der Waals surface area contributed by atoms with E-state index in [2.05, 4.69) is 11.8 Å². The van der Waals surface area contributed by atoms with Crippen molar-refractivity contribution in [2.24, 2.45) is 0 Å². The lowest BCUT2D eigenvalue weighted by Crippen LogP contribution is -2.30. The van der Waals surface area contributed by atoms with Crippen molar-refractivity contribution in [2.75, 3.05) is 7.05 Å². The molecular formula is C27H18F3N3O2. The lowest BCUT2D eigenvalue weighted by Gasteiger charge is -2.24. The van der Waals surface area contributed by atoms with E-state index in [1.165, 1.54) is 18.2 Å². The van der Waals surface area contributed by atoms with Crippen LogP contribution in [0.25, 0.3) is 11.0 Å². The summed E-state index contributed by atoms with van der Waals surface area (Å²) >= 11 is 0. The van der Waals surface area contributed by atoms with E-state index in [1.54, 1.807) is 36.2 Å². The highest BCUT2D eigenvalue weighted by atomic mass is 19.3. The molecule has 4 aromatic rings. The van der Waals surface area contributed by atoms with Crippen LogP contribution in [0.3, 0.4) is 0 Å². The molecule has 6 rings (SSSR count). The maximum absolute atomic E-state index is 13.5. The summed E-state index contributed by atoms with van der Waals surface area (Å²) in [6, 6.07) is 15.5. The van der Waals surface area contributed by atoms with Gasteiger partial charge >= 0.3 is 6.61 Å². The molecule has 0 radical (unpaired) electrons. The second-order valence-electron chi connectivity index (χ2n) is 8.58. The number of hydrogen-bond acceptors (Lipinski definition) is 3. The average molecular weight is 473 g/mol. The Morgan fingerprint density at radius 2 is 1.80 bits per heavy atom. The molecular weight excluding hydrogens is 455 g/mol. The van der Waals surface area contributed by atoms with E-state index in [-0.39, 0.29) is 23.5 Å². The molecule has 0 saturated heterocycles. The summed E-state index contributed by atoms with van der Waals surface area (Å²) in [6.07, 6.45) is 0.496. The highest BCUT2D eigenvalue weighted by Gasteiger charge is 2.44. The molecule has 0 spiro atoms. The largest absolute Gasteiger partial charge is 0.434 e. The number of halogens is 3. The molecule has 2 bridgehead atoms. The molecule has 0 unspecified atom stereocenters. The molecule has 0 fully saturated rings. The van der Waals surface area contributed by atoms with Crippen molar-refractivity contribution in [2.45, 2.75) is 25.1 Å². The summed E-state index contributed by atoms with van der Waals surface area (Å²) in [5, 5.41) is 0. The summed E-state index contributed by atoms with van der Waals surface area (Å²) in [4.78, 5) is 19.6. The van der Waals surface area contributed by atoms with Gasteiger partial charge in [0.1, 0.15) is 17.4 Å². The van der Waals surface area contributed by atoms with Gasteiger partial charge in [-0.2, -0.15) is 8.78 Å². The fourth-order valence-corrected chi connectivity index (χ4v) is 5.07. The van der Waals surface area contributed by atoms with E-state index >= 15 is 0 Å². The minimum Gasteiger partial charge on any atom is -0.434 e. The Kier molecular flexibility index (Phi) is 4.81. The van der Waals surface area contributed by atoms with Crippen molar-refractivity contribution in [1.82, 2.24) is 14.5 Å². The summed E-state index contributed by atoms with van der Waals surface area (Å²) in [5.74, 6) is 6.09. The highest BCUT2D eigenvalue weighted by molar-refractivity contribution is 5.97. The van der Waals surface area contributed by atoms with Crippen LogP contribution in [0.15, 0.2) is 60.7 Å². The monoisotopic (exact) mass is 473 g/mol.